The quantitative estimate of drug-likeness (QED) is 0.877. The molecule has 0 aliphatic carbocycles. The van der Waals surface area contributed by atoms with Gasteiger partial charge in [-0.2, -0.15) is 0 Å². The van der Waals surface area contributed by atoms with Crippen LogP contribution in [0.5, 0.6) is 0 Å². The van der Waals surface area contributed by atoms with E-state index in [0.717, 1.165) is 11.6 Å². The zero-order valence-electron chi connectivity index (χ0n) is 10.1. The third-order valence-corrected chi connectivity index (χ3v) is 3.19. The largest absolute Gasteiger partial charge is 0.323 e. The van der Waals surface area contributed by atoms with Crippen molar-refractivity contribution in [2.75, 3.05) is 0 Å². The lowest BCUT2D eigenvalue weighted by molar-refractivity contribution is 0.526. The minimum Gasteiger partial charge on any atom is -0.323 e. The Bertz CT molecular complexity index is 525. The Balaban J connectivity index is 2.28. The van der Waals surface area contributed by atoms with Crippen molar-refractivity contribution in [1.29, 1.82) is 0 Å². The lowest BCUT2D eigenvalue weighted by Gasteiger charge is -2.21. The van der Waals surface area contributed by atoms with Gasteiger partial charge in [0.2, 0.25) is 0 Å². The summed E-state index contributed by atoms with van der Waals surface area (Å²) < 4.78 is 26.5. The van der Waals surface area contributed by atoms with Gasteiger partial charge in [0.05, 0.1) is 0 Å². The van der Waals surface area contributed by atoms with Crippen molar-refractivity contribution in [1.82, 2.24) is 0 Å². The molecule has 0 amide bonds. The van der Waals surface area contributed by atoms with Gasteiger partial charge in [-0.15, -0.1) is 0 Å². The molecule has 0 heterocycles. The first kappa shape index (κ1) is 12.7. The molecule has 2 aromatic rings. The summed E-state index contributed by atoms with van der Waals surface area (Å²) in [6.45, 7) is 1.93. The topological polar surface area (TPSA) is 26.0 Å². The molecule has 0 aliphatic rings. The van der Waals surface area contributed by atoms with E-state index in [9.17, 15) is 8.78 Å². The highest BCUT2D eigenvalue weighted by molar-refractivity contribution is 5.28. The predicted octanol–water partition coefficient (Wildman–Crippen LogP) is 3.77. The second kappa shape index (κ2) is 5.27. The number of nitrogens with two attached hydrogens (primary N) is 1. The van der Waals surface area contributed by atoms with E-state index in [0.29, 0.717) is 5.56 Å². The first-order valence-electron chi connectivity index (χ1n) is 5.85. The summed E-state index contributed by atoms with van der Waals surface area (Å²) in [5.74, 6) is -1.22. The van der Waals surface area contributed by atoms with Crippen LogP contribution < -0.4 is 5.73 Å². The number of rotatable bonds is 3. The third-order valence-electron chi connectivity index (χ3n) is 3.19. The molecule has 0 fully saturated rings. The maximum absolute atomic E-state index is 13.7. The van der Waals surface area contributed by atoms with Crippen molar-refractivity contribution in [3.63, 3.8) is 0 Å². The van der Waals surface area contributed by atoms with Crippen molar-refractivity contribution >= 4 is 0 Å². The summed E-state index contributed by atoms with van der Waals surface area (Å²) in [5, 5.41) is 0. The fraction of sp³-hybridized carbons (Fsp3) is 0.200. The molecule has 2 unspecified atom stereocenters. The molecule has 2 aromatic carbocycles. The normalized spacial score (nSPS) is 14.2. The summed E-state index contributed by atoms with van der Waals surface area (Å²) in [6.07, 6.45) is 0. The van der Waals surface area contributed by atoms with E-state index in [1.54, 1.807) is 0 Å². The van der Waals surface area contributed by atoms with Crippen LogP contribution >= 0.6 is 0 Å². The maximum atomic E-state index is 13.7. The molecule has 94 valence electrons. The van der Waals surface area contributed by atoms with Gasteiger partial charge in [-0.25, -0.2) is 8.78 Å². The molecule has 0 saturated heterocycles. The van der Waals surface area contributed by atoms with E-state index in [4.69, 9.17) is 5.73 Å². The molecule has 1 nitrogen and oxygen atoms in total. The van der Waals surface area contributed by atoms with Crippen molar-refractivity contribution in [2.45, 2.75) is 18.9 Å². The average molecular weight is 247 g/mol. The van der Waals surface area contributed by atoms with Crippen molar-refractivity contribution in [3.8, 4) is 0 Å². The third kappa shape index (κ3) is 2.57. The number of hydrogen-bond acceptors (Lipinski definition) is 1. The van der Waals surface area contributed by atoms with E-state index in [1.165, 1.54) is 12.1 Å². The van der Waals surface area contributed by atoms with Gasteiger partial charge >= 0.3 is 0 Å². The second-order valence-electron chi connectivity index (χ2n) is 4.39. The van der Waals surface area contributed by atoms with Crippen molar-refractivity contribution in [3.05, 3.63) is 71.3 Å². The fourth-order valence-electron chi connectivity index (χ4n) is 2.01. The Morgan fingerprint density at radius 1 is 1.00 bits per heavy atom. The van der Waals surface area contributed by atoms with Gasteiger partial charge in [-0.05, 0) is 11.6 Å². The highest BCUT2D eigenvalue weighted by Crippen LogP contribution is 2.29. The van der Waals surface area contributed by atoms with Gasteiger partial charge < -0.3 is 5.73 Å². The zero-order chi connectivity index (χ0) is 13.1. The lowest BCUT2D eigenvalue weighted by Crippen LogP contribution is -2.19. The molecule has 18 heavy (non-hydrogen) atoms. The molecular formula is C15H15F2N. The van der Waals surface area contributed by atoms with Crippen LogP contribution in [-0.2, 0) is 0 Å². The Labute approximate surface area is 105 Å². The monoisotopic (exact) mass is 247 g/mol. The highest BCUT2D eigenvalue weighted by Gasteiger charge is 2.19. The Hall–Kier alpha value is -1.74. The van der Waals surface area contributed by atoms with Crippen LogP contribution in [0.3, 0.4) is 0 Å². The summed E-state index contributed by atoms with van der Waals surface area (Å²) in [6, 6.07) is 12.7. The molecule has 0 saturated carbocycles. The minimum atomic E-state index is -0.592. The van der Waals surface area contributed by atoms with Gasteiger partial charge in [0.15, 0.2) is 0 Å². The molecule has 0 radical (unpaired) electrons. The molecule has 0 aromatic heterocycles. The standard InChI is InChI=1S/C15H15F2N/c1-10(11-5-3-2-4-6-11)15(18)13-8-7-12(16)9-14(13)17/h2-10,15H,18H2,1H3. The van der Waals surface area contributed by atoms with Crippen molar-refractivity contribution in [2.24, 2.45) is 5.73 Å². The van der Waals surface area contributed by atoms with Gasteiger partial charge in [-0.3, -0.25) is 0 Å². The van der Waals surface area contributed by atoms with Crippen LogP contribution in [0, 0.1) is 11.6 Å². The smallest absolute Gasteiger partial charge is 0.130 e. The molecule has 3 heteroatoms. The number of benzene rings is 2. The van der Waals surface area contributed by atoms with Crippen LogP contribution in [0.2, 0.25) is 0 Å². The van der Waals surface area contributed by atoms with Crippen LogP contribution in [-0.4, -0.2) is 0 Å². The summed E-state index contributed by atoms with van der Waals surface area (Å²) in [4.78, 5) is 0. The van der Waals surface area contributed by atoms with Crippen LogP contribution in [0.1, 0.15) is 30.0 Å². The van der Waals surface area contributed by atoms with Crippen LogP contribution in [0.25, 0.3) is 0 Å². The molecular weight excluding hydrogens is 232 g/mol. The zero-order valence-corrected chi connectivity index (χ0v) is 10.1. The van der Waals surface area contributed by atoms with E-state index in [2.05, 4.69) is 0 Å². The fourth-order valence-corrected chi connectivity index (χ4v) is 2.01. The van der Waals surface area contributed by atoms with Crippen molar-refractivity contribution < 1.29 is 8.78 Å². The van der Waals surface area contributed by atoms with E-state index < -0.39 is 17.7 Å². The van der Waals surface area contributed by atoms with Gasteiger partial charge in [0.1, 0.15) is 11.6 Å². The lowest BCUT2D eigenvalue weighted by atomic mass is 9.89. The maximum Gasteiger partial charge on any atom is 0.130 e. The first-order valence-corrected chi connectivity index (χ1v) is 5.85. The number of halogens is 2. The second-order valence-corrected chi connectivity index (χ2v) is 4.39. The predicted molar refractivity (Wildman–Crippen MR) is 68.1 cm³/mol. The van der Waals surface area contributed by atoms with Crippen LogP contribution in [0.4, 0.5) is 8.78 Å². The Morgan fingerprint density at radius 3 is 2.28 bits per heavy atom. The molecule has 2 rings (SSSR count). The molecule has 2 N–H and O–H groups in total. The molecule has 0 spiro atoms. The van der Waals surface area contributed by atoms with Gasteiger partial charge in [0, 0.05) is 23.6 Å². The molecule has 0 aliphatic heterocycles. The van der Waals surface area contributed by atoms with Gasteiger partial charge in [-0.1, -0.05) is 43.3 Å². The first-order chi connectivity index (χ1) is 8.59. The summed E-state index contributed by atoms with van der Waals surface area (Å²) in [7, 11) is 0. The SMILES string of the molecule is CC(c1ccccc1)C(N)c1ccc(F)cc1F. The molecule has 2 atom stereocenters. The van der Waals surface area contributed by atoms with Crippen LogP contribution in [0.15, 0.2) is 48.5 Å². The summed E-state index contributed by atoms with van der Waals surface area (Å²) >= 11 is 0. The Kier molecular flexibility index (Phi) is 3.72. The average Bonchev–Trinajstić information content (AvgIpc) is 2.38. The number of hydrogen-bond donors (Lipinski definition) is 1. The summed E-state index contributed by atoms with van der Waals surface area (Å²) in [5.41, 5.74) is 7.44. The van der Waals surface area contributed by atoms with Gasteiger partial charge in [0.25, 0.3) is 0 Å². The molecule has 0 bridgehead atoms. The van der Waals surface area contributed by atoms with E-state index in [1.807, 2.05) is 37.3 Å². The van der Waals surface area contributed by atoms with E-state index >= 15 is 0 Å². The Morgan fingerprint density at radius 2 is 1.67 bits per heavy atom. The minimum absolute atomic E-state index is 0.0360. The highest BCUT2D eigenvalue weighted by atomic mass is 19.1. The van der Waals surface area contributed by atoms with E-state index in [-0.39, 0.29) is 5.92 Å².